The lowest BCUT2D eigenvalue weighted by atomic mass is 10.7. The van der Waals surface area contributed by atoms with Crippen LogP contribution in [-0.2, 0) is 18.1 Å². The molecule has 0 unspecified atom stereocenters. The van der Waals surface area contributed by atoms with Crippen molar-refractivity contribution in [1.29, 1.82) is 0 Å². The zero-order chi connectivity index (χ0) is 10.9. The summed E-state index contributed by atoms with van der Waals surface area (Å²) in [6, 6.07) is 0. The molecule has 0 aliphatic heterocycles. The van der Waals surface area contributed by atoms with E-state index in [1.54, 1.807) is 0 Å². The summed E-state index contributed by atoms with van der Waals surface area (Å²) in [6.45, 7) is 2.96. The Morgan fingerprint density at radius 2 is 1.54 bits per heavy atom. The van der Waals surface area contributed by atoms with Crippen molar-refractivity contribution >= 4 is 15.0 Å². The van der Waals surface area contributed by atoms with Gasteiger partial charge in [0.25, 0.3) is 0 Å². The maximum atomic E-state index is 9.25. The molecular weight excluding hydrogens is 196 g/mol. The highest BCUT2D eigenvalue weighted by atomic mass is 28.4. The summed E-state index contributed by atoms with van der Waals surface area (Å²) in [5, 5.41) is 7.60. The average Bonchev–Trinajstić information content (AvgIpc) is 2.17. The third-order valence-electron chi connectivity index (χ3n) is 0.948. The highest BCUT2D eigenvalue weighted by molar-refractivity contribution is 6.51. The Labute approximate surface area is 77.8 Å². The topological polar surface area (TPSA) is 85.2 Å². The van der Waals surface area contributed by atoms with Crippen molar-refractivity contribution in [3.8, 4) is 0 Å². The minimum Gasteiger partial charge on any atom is -0.478 e. The fourth-order valence-electron chi connectivity index (χ4n) is 0.250. The summed E-state index contributed by atoms with van der Waals surface area (Å²) in [4.78, 5) is 18.2. The van der Waals surface area contributed by atoms with Gasteiger partial charge in [-0.1, -0.05) is 6.58 Å². The number of hydrogen-bond acceptors (Lipinski definition) is 5. The van der Waals surface area contributed by atoms with E-state index >= 15 is 0 Å². The van der Waals surface area contributed by atoms with Crippen LogP contribution in [0.25, 0.3) is 0 Å². The van der Waals surface area contributed by atoms with Crippen molar-refractivity contribution in [1.82, 2.24) is 0 Å². The monoisotopic (exact) mass is 210 g/mol. The molecule has 0 aliphatic rings. The van der Waals surface area contributed by atoms with Gasteiger partial charge in [0.05, 0.1) is 0 Å². The fourth-order valence-corrected chi connectivity index (χ4v) is 0.750. The SMILES string of the molecule is C=CC(=O)O.CO[Si](O)(OC)OC. The van der Waals surface area contributed by atoms with Gasteiger partial charge in [-0.25, -0.2) is 4.79 Å². The molecule has 13 heavy (non-hydrogen) atoms. The molecule has 0 fully saturated rings. The number of carboxylic acids is 1. The Balaban J connectivity index is 0. The van der Waals surface area contributed by atoms with Gasteiger partial charge in [0.15, 0.2) is 0 Å². The molecular formula is C6H14O6Si. The first kappa shape index (κ1) is 14.8. The van der Waals surface area contributed by atoms with Crippen LogP contribution in [0.4, 0.5) is 0 Å². The van der Waals surface area contributed by atoms with E-state index in [4.69, 9.17) is 9.90 Å². The molecule has 0 bridgehead atoms. The van der Waals surface area contributed by atoms with Crippen LogP contribution in [0.1, 0.15) is 0 Å². The van der Waals surface area contributed by atoms with Crippen LogP contribution in [0.3, 0.4) is 0 Å². The molecule has 0 heterocycles. The molecule has 0 rings (SSSR count). The summed E-state index contributed by atoms with van der Waals surface area (Å²) in [5.74, 6) is -0.981. The highest BCUT2D eigenvalue weighted by Gasteiger charge is 2.36. The largest absolute Gasteiger partial charge is 0.676 e. The molecule has 7 heteroatoms. The van der Waals surface area contributed by atoms with Crippen molar-refractivity contribution in [3.05, 3.63) is 12.7 Å². The molecule has 0 spiro atoms. The lowest BCUT2D eigenvalue weighted by Gasteiger charge is -2.14. The summed E-state index contributed by atoms with van der Waals surface area (Å²) >= 11 is 0. The van der Waals surface area contributed by atoms with Crippen molar-refractivity contribution < 1.29 is 28.0 Å². The van der Waals surface area contributed by atoms with Gasteiger partial charge in [-0.15, -0.1) is 0 Å². The lowest BCUT2D eigenvalue weighted by molar-refractivity contribution is -0.131. The lowest BCUT2D eigenvalue weighted by Crippen LogP contribution is -2.42. The van der Waals surface area contributed by atoms with Crippen molar-refractivity contribution in [2.24, 2.45) is 0 Å². The van der Waals surface area contributed by atoms with E-state index in [-0.39, 0.29) is 0 Å². The first-order chi connectivity index (χ1) is 5.95. The third kappa shape index (κ3) is 9.18. The Hall–Kier alpha value is -0.733. The van der Waals surface area contributed by atoms with E-state index < -0.39 is 15.0 Å². The Kier molecular flexibility index (Phi) is 8.97. The Bertz CT molecular complexity index is 147. The van der Waals surface area contributed by atoms with Gasteiger partial charge in [0.2, 0.25) is 0 Å². The van der Waals surface area contributed by atoms with Crippen LogP contribution in [0.5, 0.6) is 0 Å². The van der Waals surface area contributed by atoms with Crippen molar-refractivity contribution in [3.63, 3.8) is 0 Å². The highest BCUT2D eigenvalue weighted by Crippen LogP contribution is 1.97. The predicted octanol–water partition coefficient (Wildman–Crippen LogP) is -0.389. The summed E-state index contributed by atoms with van der Waals surface area (Å²) in [6.07, 6.45) is 0.833. The van der Waals surface area contributed by atoms with E-state index in [1.807, 2.05) is 0 Å². The van der Waals surface area contributed by atoms with Crippen molar-refractivity contribution in [2.45, 2.75) is 0 Å². The number of hydrogen-bond donors (Lipinski definition) is 2. The second-order valence-corrected chi connectivity index (χ2v) is 3.95. The normalized spacial score (nSPS) is 9.85. The molecule has 2 N–H and O–H groups in total. The molecule has 0 saturated heterocycles. The van der Waals surface area contributed by atoms with E-state index in [0.717, 1.165) is 6.08 Å². The fraction of sp³-hybridized carbons (Fsp3) is 0.500. The summed E-state index contributed by atoms with van der Waals surface area (Å²) < 4.78 is 13.5. The number of carbonyl (C=O) groups is 1. The van der Waals surface area contributed by atoms with Gasteiger partial charge >= 0.3 is 15.0 Å². The van der Waals surface area contributed by atoms with Crippen LogP contribution in [0, 0.1) is 0 Å². The Morgan fingerprint density at radius 3 is 1.54 bits per heavy atom. The molecule has 0 saturated carbocycles. The minimum absolute atomic E-state index is 0.833. The van der Waals surface area contributed by atoms with Gasteiger partial charge in [0, 0.05) is 27.4 Å². The van der Waals surface area contributed by atoms with Crippen LogP contribution >= 0.6 is 0 Å². The van der Waals surface area contributed by atoms with Gasteiger partial charge in [0.1, 0.15) is 0 Å². The van der Waals surface area contributed by atoms with E-state index in [2.05, 4.69) is 19.9 Å². The van der Waals surface area contributed by atoms with Crippen LogP contribution in [-0.4, -0.2) is 46.2 Å². The predicted molar refractivity (Wildman–Crippen MR) is 46.8 cm³/mol. The molecule has 78 valence electrons. The van der Waals surface area contributed by atoms with Gasteiger partial charge in [-0.3, -0.25) is 0 Å². The molecule has 6 nitrogen and oxygen atoms in total. The maximum absolute atomic E-state index is 9.25. The van der Waals surface area contributed by atoms with Crippen LogP contribution < -0.4 is 0 Å². The van der Waals surface area contributed by atoms with Crippen LogP contribution in [0.15, 0.2) is 12.7 Å². The zero-order valence-electron chi connectivity index (χ0n) is 7.81. The molecule has 0 atom stereocenters. The average molecular weight is 210 g/mol. The molecule has 0 aromatic carbocycles. The van der Waals surface area contributed by atoms with Crippen LogP contribution in [0.2, 0.25) is 0 Å². The quantitative estimate of drug-likeness (QED) is 0.485. The first-order valence-electron chi connectivity index (χ1n) is 3.19. The van der Waals surface area contributed by atoms with Crippen molar-refractivity contribution in [2.75, 3.05) is 21.3 Å². The molecule has 0 radical (unpaired) electrons. The second-order valence-electron chi connectivity index (χ2n) is 1.68. The summed E-state index contributed by atoms with van der Waals surface area (Å²) in [5.41, 5.74) is 0. The summed E-state index contributed by atoms with van der Waals surface area (Å²) in [7, 11) is 0.826. The maximum Gasteiger partial charge on any atom is 0.676 e. The molecule has 0 amide bonds. The Morgan fingerprint density at radius 1 is 1.31 bits per heavy atom. The second kappa shape index (κ2) is 7.89. The molecule has 0 aromatic rings. The molecule has 0 aromatic heterocycles. The zero-order valence-corrected chi connectivity index (χ0v) is 8.81. The van der Waals surface area contributed by atoms with Gasteiger partial charge < -0.3 is 23.2 Å². The van der Waals surface area contributed by atoms with E-state index in [0.29, 0.717) is 0 Å². The van der Waals surface area contributed by atoms with Gasteiger partial charge in [-0.05, 0) is 0 Å². The number of rotatable bonds is 4. The number of aliphatic carboxylic acids is 1. The van der Waals surface area contributed by atoms with E-state index in [9.17, 15) is 4.79 Å². The minimum atomic E-state index is -3.17. The molecule has 0 aliphatic carbocycles. The van der Waals surface area contributed by atoms with E-state index in [1.165, 1.54) is 21.3 Å². The third-order valence-corrected chi connectivity index (χ3v) is 2.50. The van der Waals surface area contributed by atoms with Gasteiger partial charge in [-0.2, -0.15) is 0 Å². The standard InChI is InChI=1S/C3H10O4Si.C3H4O2/c1-5-8(4,6-2)7-3;1-2-3(4)5/h4H,1-3H3;2H,1H2,(H,4,5). The number of carboxylic acid groups (broad SMARTS) is 1. The smallest absolute Gasteiger partial charge is 0.478 e. The first-order valence-corrected chi connectivity index (χ1v) is 4.86.